The van der Waals surface area contributed by atoms with E-state index in [1.165, 1.54) is 17.7 Å². The van der Waals surface area contributed by atoms with Crippen LogP contribution in [0, 0.1) is 11.7 Å². The molecule has 1 aromatic heterocycles. The molecule has 4 aromatic carbocycles. The number of ether oxygens (including phenoxy) is 1. The SMILES string of the molecule is CC(C)c1c(S(=O)(=O)N2CCC(Cc3ccccc3)CC2)c(-c2ccc3ccccc3c2)c(-c2ccc(F)cc2)n1CC[C@@H]1C[C@@H](O)CC(=O)O1. The van der Waals surface area contributed by atoms with E-state index in [-0.39, 0.29) is 23.1 Å². The van der Waals surface area contributed by atoms with Crippen LogP contribution in [0.1, 0.15) is 63.1 Å². The van der Waals surface area contributed by atoms with Crippen molar-refractivity contribution in [2.24, 2.45) is 5.92 Å². The minimum absolute atomic E-state index is 0.0331. The second kappa shape index (κ2) is 14.7. The summed E-state index contributed by atoms with van der Waals surface area (Å²) < 4.78 is 54.2. The Morgan fingerprint density at radius 3 is 2.24 bits per heavy atom. The molecule has 0 bridgehead atoms. The van der Waals surface area contributed by atoms with Gasteiger partial charge in [0.1, 0.15) is 16.8 Å². The Hall–Kier alpha value is -4.31. The summed E-state index contributed by atoms with van der Waals surface area (Å²) >= 11 is 0. The fraction of sp³-hybridized carbons (Fsp3) is 0.357. The number of benzene rings is 4. The first-order valence-electron chi connectivity index (χ1n) is 18.0. The van der Waals surface area contributed by atoms with E-state index in [1.807, 2.05) is 79.1 Å². The number of fused-ring (bicyclic) bond motifs is 1. The molecule has 266 valence electrons. The van der Waals surface area contributed by atoms with Crippen LogP contribution in [0.4, 0.5) is 4.39 Å². The Balaban J connectivity index is 1.38. The number of cyclic esters (lactones) is 1. The van der Waals surface area contributed by atoms with E-state index >= 15 is 8.42 Å². The molecule has 2 fully saturated rings. The highest BCUT2D eigenvalue weighted by Gasteiger charge is 2.39. The highest BCUT2D eigenvalue weighted by Crippen LogP contribution is 2.46. The quantitative estimate of drug-likeness (QED) is 0.148. The molecule has 5 aromatic rings. The average molecular weight is 709 g/mol. The number of aromatic nitrogens is 1. The summed E-state index contributed by atoms with van der Waals surface area (Å²) in [5.41, 5.74) is 4.62. The Kier molecular flexibility index (Phi) is 10.1. The van der Waals surface area contributed by atoms with E-state index in [2.05, 4.69) is 12.1 Å². The predicted octanol–water partition coefficient (Wildman–Crippen LogP) is 8.34. The van der Waals surface area contributed by atoms with Crippen LogP contribution < -0.4 is 0 Å². The molecular formula is C42H45FN2O5S. The van der Waals surface area contributed by atoms with Gasteiger partial charge < -0.3 is 14.4 Å². The standard InChI is InChI=1S/C42H45FN2O5S/c1-28(2)40-42(51(48,49)44-21-18-30(19-22-44)24-29-8-4-3-5-9-29)39(34-13-12-31-10-6-7-11-33(31)25-34)41(32-14-16-35(43)17-15-32)45(40)23-20-37-26-36(46)27-38(47)50-37/h3-17,25,28,30,36-37,46H,18-24,26-27H2,1-2H3/t36-,37-/m1/s1. The molecule has 0 saturated carbocycles. The summed E-state index contributed by atoms with van der Waals surface area (Å²) in [6, 6.07) is 30.6. The third-order valence-electron chi connectivity index (χ3n) is 10.4. The van der Waals surface area contributed by atoms with Gasteiger partial charge in [-0.25, -0.2) is 12.8 Å². The first-order chi connectivity index (χ1) is 24.6. The molecule has 51 heavy (non-hydrogen) atoms. The van der Waals surface area contributed by atoms with Crippen molar-refractivity contribution in [3.8, 4) is 22.4 Å². The second-order valence-electron chi connectivity index (χ2n) is 14.3. The van der Waals surface area contributed by atoms with Crippen LogP contribution in [0.25, 0.3) is 33.2 Å². The van der Waals surface area contributed by atoms with E-state index in [4.69, 9.17) is 4.74 Å². The van der Waals surface area contributed by atoms with Crippen molar-refractivity contribution < 1.29 is 27.4 Å². The number of halogens is 1. The van der Waals surface area contributed by atoms with Gasteiger partial charge >= 0.3 is 5.97 Å². The van der Waals surface area contributed by atoms with Gasteiger partial charge in [-0.2, -0.15) is 4.31 Å². The van der Waals surface area contributed by atoms with Gasteiger partial charge in [0.15, 0.2) is 0 Å². The highest BCUT2D eigenvalue weighted by molar-refractivity contribution is 7.89. The molecule has 0 radical (unpaired) electrons. The number of aliphatic hydroxyl groups excluding tert-OH is 1. The van der Waals surface area contributed by atoms with Gasteiger partial charge in [-0.05, 0) is 88.9 Å². The monoisotopic (exact) mass is 708 g/mol. The third kappa shape index (κ3) is 7.38. The number of carbonyl (C=O) groups is 1. The molecule has 1 N–H and O–H groups in total. The number of piperidine rings is 1. The minimum Gasteiger partial charge on any atom is -0.462 e. The lowest BCUT2D eigenvalue weighted by molar-refractivity contribution is -0.160. The lowest BCUT2D eigenvalue weighted by Gasteiger charge is -2.32. The minimum atomic E-state index is -4.03. The normalized spacial score (nSPS) is 19.1. The van der Waals surface area contributed by atoms with E-state index < -0.39 is 28.2 Å². The van der Waals surface area contributed by atoms with Crippen molar-refractivity contribution in [3.05, 3.63) is 114 Å². The van der Waals surface area contributed by atoms with E-state index in [0.717, 1.165) is 35.6 Å². The maximum absolute atomic E-state index is 15.2. The number of sulfonamides is 1. The summed E-state index contributed by atoms with van der Waals surface area (Å²) in [4.78, 5) is 12.5. The zero-order valence-corrected chi connectivity index (χ0v) is 30.0. The van der Waals surface area contributed by atoms with Crippen molar-refractivity contribution >= 4 is 26.8 Å². The summed E-state index contributed by atoms with van der Waals surface area (Å²) in [7, 11) is -4.03. The molecule has 2 atom stereocenters. The van der Waals surface area contributed by atoms with E-state index in [9.17, 15) is 14.3 Å². The molecule has 7 rings (SSSR count). The second-order valence-corrected chi connectivity index (χ2v) is 16.2. The molecule has 2 aliphatic rings. The Morgan fingerprint density at radius 1 is 0.882 bits per heavy atom. The van der Waals surface area contributed by atoms with Gasteiger partial charge in [-0.15, -0.1) is 0 Å². The summed E-state index contributed by atoms with van der Waals surface area (Å²) in [6.45, 7) is 5.17. The maximum atomic E-state index is 15.2. The van der Waals surface area contributed by atoms with Crippen LogP contribution in [-0.4, -0.2) is 53.7 Å². The fourth-order valence-corrected chi connectivity index (χ4v) is 9.98. The van der Waals surface area contributed by atoms with Crippen LogP contribution in [-0.2, 0) is 32.5 Å². The largest absolute Gasteiger partial charge is 0.462 e. The van der Waals surface area contributed by atoms with Crippen LogP contribution in [0.15, 0.2) is 102 Å². The zero-order chi connectivity index (χ0) is 35.7. The molecular weight excluding hydrogens is 664 g/mol. The third-order valence-corrected chi connectivity index (χ3v) is 12.4. The van der Waals surface area contributed by atoms with Crippen molar-refractivity contribution in [2.45, 2.75) is 81.9 Å². The number of rotatable bonds is 10. The zero-order valence-electron chi connectivity index (χ0n) is 29.2. The molecule has 2 saturated heterocycles. The van der Waals surface area contributed by atoms with Crippen molar-refractivity contribution in [1.82, 2.24) is 8.87 Å². The fourth-order valence-electron chi connectivity index (χ4n) is 7.94. The first-order valence-corrected chi connectivity index (χ1v) is 19.5. The molecule has 0 unspecified atom stereocenters. The lowest BCUT2D eigenvalue weighted by Crippen LogP contribution is -2.39. The maximum Gasteiger partial charge on any atom is 0.308 e. The van der Waals surface area contributed by atoms with E-state index in [0.29, 0.717) is 60.9 Å². The van der Waals surface area contributed by atoms with Gasteiger partial charge in [-0.1, -0.05) is 80.6 Å². The number of hydrogen-bond acceptors (Lipinski definition) is 5. The number of carbonyl (C=O) groups excluding carboxylic acids is 1. The summed E-state index contributed by atoms with van der Waals surface area (Å²) in [5, 5.41) is 12.4. The number of esters is 1. The summed E-state index contributed by atoms with van der Waals surface area (Å²) in [6.07, 6.45) is 1.81. The molecule has 7 nitrogen and oxygen atoms in total. The molecule has 3 heterocycles. The molecule has 0 amide bonds. The molecule has 2 aliphatic heterocycles. The molecule has 0 aliphatic carbocycles. The Morgan fingerprint density at radius 2 is 1.55 bits per heavy atom. The van der Waals surface area contributed by atoms with Crippen LogP contribution in [0.5, 0.6) is 0 Å². The summed E-state index contributed by atoms with van der Waals surface area (Å²) in [5.74, 6) is -0.651. The topological polar surface area (TPSA) is 88.8 Å². The van der Waals surface area contributed by atoms with Crippen LogP contribution in [0.3, 0.4) is 0 Å². The van der Waals surface area contributed by atoms with E-state index in [1.54, 1.807) is 16.4 Å². The average Bonchev–Trinajstić information content (AvgIpc) is 3.47. The Labute approximate surface area is 299 Å². The van der Waals surface area contributed by atoms with Gasteiger partial charge in [0.05, 0.1) is 18.2 Å². The number of hydrogen-bond donors (Lipinski definition) is 1. The van der Waals surface area contributed by atoms with Crippen molar-refractivity contribution in [3.63, 3.8) is 0 Å². The smallest absolute Gasteiger partial charge is 0.308 e. The van der Waals surface area contributed by atoms with Gasteiger partial charge in [0, 0.05) is 43.7 Å². The van der Waals surface area contributed by atoms with Crippen LogP contribution in [0.2, 0.25) is 0 Å². The van der Waals surface area contributed by atoms with Gasteiger partial charge in [0.2, 0.25) is 10.0 Å². The van der Waals surface area contributed by atoms with Gasteiger partial charge in [-0.3, -0.25) is 4.79 Å². The number of aliphatic hydroxyl groups is 1. The molecule has 9 heteroatoms. The van der Waals surface area contributed by atoms with Crippen molar-refractivity contribution in [1.29, 1.82) is 0 Å². The first kappa shape index (κ1) is 35.1. The Bertz CT molecular complexity index is 2120. The highest BCUT2D eigenvalue weighted by atomic mass is 32.2. The van der Waals surface area contributed by atoms with Gasteiger partial charge in [0.25, 0.3) is 0 Å². The lowest BCUT2D eigenvalue weighted by atomic mass is 9.91. The molecule has 0 spiro atoms. The predicted molar refractivity (Wildman–Crippen MR) is 198 cm³/mol. The number of nitrogens with zero attached hydrogens (tertiary/aromatic N) is 2. The van der Waals surface area contributed by atoms with Crippen LogP contribution >= 0.6 is 0 Å². The van der Waals surface area contributed by atoms with Crippen molar-refractivity contribution in [2.75, 3.05) is 13.1 Å².